The Kier molecular flexibility index (Phi) is 6.35. The molecule has 0 aromatic rings. The Balaban J connectivity index is 3.26. The SMILES string of the molecule is CC(C)CCOCCC(C)(C)CO. The first kappa shape index (κ1) is 12.9. The lowest BCUT2D eigenvalue weighted by Crippen LogP contribution is -2.19. The highest BCUT2D eigenvalue weighted by Gasteiger charge is 2.15. The van der Waals surface area contributed by atoms with E-state index in [1.54, 1.807) is 0 Å². The van der Waals surface area contributed by atoms with E-state index in [0.717, 1.165) is 26.1 Å². The van der Waals surface area contributed by atoms with Gasteiger partial charge in [0.25, 0.3) is 0 Å². The average molecular weight is 188 g/mol. The monoisotopic (exact) mass is 188 g/mol. The van der Waals surface area contributed by atoms with Crippen molar-refractivity contribution < 1.29 is 9.84 Å². The molecule has 0 aliphatic carbocycles. The van der Waals surface area contributed by atoms with Gasteiger partial charge in [-0.05, 0) is 24.2 Å². The van der Waals surface area contributed by atoms with Crippen molar-refractivity contribution >= 4 is 0 Å². The fourth-order valence-electron chi connectivity index (χ4n) is 0.849. The molecule has 0 spiro atoms. The Morgan fingerprint density at radius 2 is 1.85 bits per heavy atom. The van der Waals surface area contributed by atoms with Crippen LogP contribution in [0.3, 0.4) is 0 Å². The minimum atomic E-state index is 0.0117. The van der Waals surface area contributed by atoms with Crippen LogP contribution in [0.4, 0.5) is 0 Å². The van der Waals surface area contributed by atoms with Crippen molar-refractivity contribution in [1.29, 1.82) is 0 Å². The quantitative estimate of drug-likeness (QED) is 0.622. The van der Waals surface area contributed by atoms with E-state index >= 15 is 0 Å². The maximum Gasteiger partial charge on any atom is 0.0482 e. The van der Waals surface area contributed by atoms with Crippen molar-refractivity contribution in [3.8, 4) is 0 Å². The highest BCUT2D eigenvalue weighted by molar-refractivity contribution is 4.65. The normalized spacial score (nSPS) is 12.5. The van der Waals surface area contributed by atoms with E-state index in [4.69, 9.17) is 9.84 Å². The van der Waals surface area contributed by atoms with E-state index in [1.807, 2.05) is 0 Å². The summed E-state index contributed by atoms with van der Waals surface area (Å²) in [5, 5.41) is 8.98. The van der Waals surface area contributed by atoms with Gasteiger partial charge in [0.15, 0.2) is 0 Å². The van der Waals surface area contributed by atoms with Crippen LogP contribution in [-0.2, 0) is 4.74 Å². The lowest BCUT2D eigenvalue weighted by Gasteiger charge is -2.21. The Hall–Kier alpha value is -0.0800. The summed E-state index contributed by atoms with van der Waals surface area (Å²) in [4.78, 5) is 0. The van der Waals surface area contributed by atoms with E-state index in [1.165, 1.54) is 0 Å². The van der Waals surface area contributed by atoms with Crippen LogP contribution in [0.2, 0.25) is 0 Å². The predicted molar refractivity (Wildman–Crippen MR) is 55.8 cm³/mol. The second-order valence-electron chi connectivity index (χ2n) is 4.87. The van der Waals surface area contributed by atoms with Gasteiger partial charge in [-0.2, -0.15) is 0 Å². The first-order valence-electron chi connectivity index (χ1n) is 5.16. The summed E-state index contributed by atoms with van der Waals surface area (Å²) in [5.41, 5.74) is 0.0117. The molecule has 0 saturated heterocycles. The lowest BCUT2D eigenvalue weighted by atomic mass is 9.91. The second kappa shape index (κ2) is 6.39. The van der Waals surface area contributed by atoms with Crippen molar-refractivity contribution in [1.82, 2.24) is 0 Å². The predicted octanol–water partition coefficient (Wildman–Crippen LogP) is 2.46. The molecule has 0 rings (SSSR count). The van der Waals surface area contributed by atoms with Gasteiger partial charge in [-0.3, -0.25) is 0 Å². The summed E-state index contributed by atoms with van der Waals surface area (Å²) in [6, 6.07) is 0. The van der Waals surface area contributed by atoms with E-state index in [-0.39, 0.29) is 12.0 Å². The smallest absolute Gasteiger partial charge is 0.0482 e. The number of ether oxygens (including phenoxy) is 1. The van der Waals surface area contributed by atoms with Gasteiger partial charge in [0.2, 0.25) is 0 Å². The van der Waals surface area contributed by atoms with E-state index < -0.39 is 0 Å². The van der Waals surface area contributed by atoms with E-state index in [0.29, 0.717) is 5.92 Å². The van der Waals surface area contributed by atoms with Gasteiger partial charge in [-0.25, -0.2) is 0 Å². The van der Waals surface area contributed by atoms with Crippen LogP contribution >= 0.6 is 0 Å². The molecule has 0 radical (unpaired) electrons. The number of aliphatic hydroxyl groups excluding tert-OH is 1. The third-order valence-electron chi connectivity index (χ3n) is 2.19. The minimum absolute atomic E-state index is 0.0117. The molecule has 0 bridgehead atoms. The maximum absolute atomic E-state index is 8.98. The Labute approximate surface area is 82.3 Å². The second-order valence-corrected chi connectivity index (χ2v) is 4.87. The molecule has 0 heterocycles. The minimum Gasteiger partial charge on any atom is -0.396 e. The van der Waals surface area contributed by atoms with Crippen LogP contribution in [0.1, 0.15) is 40.5 Å². The number of hydrogen-bond donors (Lipinski definition) is 1. The summed E-state index contributed by atoms with van der Waals surface area (Å²) >= 11 is 0. The van der Waals surface area contributed by atoms with E-state index in [9.17, 15) is 0 Å². The first-order valence-corrected chi connectivity index (χ1v) is 5.16. The largest absolute Gasteiger partial charge is 0.396 e. The van der Waals surface area contributed by atoms with Gasteiger partial charge in [0, 0.05) is 19.8 Å². The van der Waals surface area contributed by atoms with Gasteiger partial charge >= 0.3 is 0 Å². The molecule has 0 aromatic carbocycles. The van der Waals surface area contributed by atoms with E-state index in [2.05, 4.69) is 27.7 Å². The molecule has 1 N–H and O–H groups in total. The zero-order chi connectivity index (χ0) is 10.3. The van der Waals surface area contributed by atoms with Crippen molar-refractivity contribution in [2.24, 2.45) is 11.3 Å². The van der Waals surface area contributed by atoms with Gasteiger partial charge in [-0.15, -0.1) is 0 Å². The zero-order valence-corrected chi connectivity index (χ0v) is 9.47. The third-order valence-corrected chi connectivity index (χ3v) is 2.19. The fraction of sp³-hybridized carbons (Fsp3) is 1.00. The van der Waals surface area contributed by atoms with Crippen LogP contribution in [0, 0.1) is 11.3 Å². The van der Waals surface area contributed by atoms with Crippen molar-refractivity contribution in [2.45, 2.75) is 40.5 Å². The van der Waals surface area contributed by atoms with Crippen LogP contribution in [0.5, 0.6) is 0 Å². The Morgan fingerprint density at radius 3 is 2.31 bits per heavy atom. The molecule has 0 amide bonds. The molecule has 0 aliphatic rings. The van der Waals surface area contributed by atoms with Crippen molar-refractivity contribution in [2.75, 3.05) is 19.8 Å². The number of rotatable bonds is 7. The van der Waals surface area contributed by atoms with Crippen molar-refractivity contribution in [3.63, 3.8) is 0 Å². The molecular formula is C11H24O2. The summed E-state index contributed by atoms with van der Waals surface area (Å²) in [7, 11) is 0. The van der Waals surface area contributed by atoms with Crippen LogP contribution in [0.25, 0.3) is 0 Å². The molecule has 0 atom stereocenters. The summed E-state index contributed by atoms with van der Waals surface area (Å²) in [6.45, 7) is 10.3. The van der Waals surface area contributed by atoms with Crippen LogP contribution in [-0.4, -0.2) is 24.9 Å². The third kappa shape index (κ3) is 8.26. The molecule has 2 heteroatoms. The standard InChI is InChI=1S/C11H24O2/c1-10(2)5-7-13-8-6-11(3,4)9-12/h10,12H,5-9H2,1-4H3. The molecule has 0 fully saturated rings. The highest BCUT2D eigenvalue weighted by Crippen LogP contribution is 2.18. The number of hydrogen-bond acceptors (Lipinski definition) is 2. The van der Waals surface area contributed by atoms with Gasteiger partial charge in [0.1, 0.15) is 0 Å². The van der Waals surface area contributed by atoms with Crippen LogP contribution in [0.15, 0.2) is 0 Å². The molecule has 80 valence electrons. The topological polar surface area (TPSA) is 29.5 Å². The fourth-order valence-corrected chi connectivity index (χ4v) is 0.849. The highest BCUT2D eigenvalue weighted by atomic mass is 16.5. The zero-order valence-electron chi connectivity index (χ0n) is 9.47. The summed E-state index contributed by atoms with van der Waals surface area (Å²) < 4.78 is 5.47. The first-order chi connectivity index (χ1) is 5.98. The molecule has 0 unspecified atom stereocenters. The van der Waals surface area contributed by atoms with Gasteiger partial charge < -0.3 is 9.84 Å². The van der Waals surface area contributed by atoms with Crippen LogP contribution < -0.4 is 0 Å². The Bertz CT molecular complexity index is 119. The molecule has 2 nitrogen and oxygen atoms in total. The molecule has 13 heavy (non-hydrogen) atoms. The summed E-state index contributed by atoms with van der Waals surface area (Å²) in [6.07, 6.45) is 2.06. The van der Waals surface area contributed by atoms with Crippen molar-refractivity contribution in [3.05, 3.63) is 0 Å². The Morgan fingerprint density at radius 1 is 1.23 bits per heavy atom. The van der Waals surface area contributed by atoms with Gasteiger partial charge in [-0.1, -0.05) is 27.7 Å². The molecular weight excluding hydrogens is 164 g/mol. The van der Waals surface area contributed by atoms with Gasteiger partial charge in [0.05, 0.1) is 0 Å². The summed E-state index contributed by atoms with van der Waals surface area (Å²) in [5.74, 6) is 0.714. The maximum atomic E-state index is 8.98. The molecule has 0 aliphatic heterocycles. The average Bonchev–Trinajstić information content (AvgIpc) is 2.03. The molecule has 0 aromatic heterocycles. The lowest BCUT2D eigenvalue weighted by molar-refractivity contribution is 0.0712. The number of aliphatic hydroxyl groups is 1. The molecule has 0 saturated carbocycles.